The van der Waals surface area contributed by atoms with Crippen molar-refractivity contribution in [2.45, 2.75) is 52.1 Å². The molecule has 1 aliphatic rings. The minimum absolute atomic E-state index is 0.0707. The maximum atomic E-state index is 12.3. The number of nitrogens with one attached hydrogen (secondary N) is 1. The first-order chi connectivity index (χ1) is 10.7. The van der Waals surface area contributed by atoms with E-state index >= 15 is 0 Å². The monoisotopic (exact) mass is 307 g/mol. The van der Waals surface area contributed by atoms with Crippen molar-refractivity contribution in [1.29, 1.82) is 0 Å². The van der Waals surface area contributed by atoms with Crippen LogP contribution in [0.25, 0.3) is 0 Å². The van der Waals surface area contributed by atoms with E-state index in [9.17, 15) is 4.79 Å². The second-order valence-electron chi connectivity index (χ2n) is 6.10. The molecule has 3 N–H and O–H groups in total. The summed E-state index contributed by atoms with van der Waals surface area (Å²) in [6, 6.07) is 2.15. The zero-order valence-electron chi connectivity index (χ0n) is 13.8. The van der Waals surface area contributed by atoms with Gasteiger partial charge in [-0.25, -0.2) is 0 Å². The molecule has 1 atom stereocenters. The Kier molecular flexibility index (Phi) is 6.46. The number of carbonyl (C=O) groups is 1. The van der Waals surface area contributed by atoms with E-state index in [1.807, 2.05) is 0 Å². The predicted octanol–water partition coefficient (Wildman–Crippen LogP) is 2.37. The summed E-state index contributed by atoms with van der Waals surface area (Å²) in [5.74, 6) is 1.20. The fraction of sp³-hybridized carbons (Fsp3) is 0.706. The number of amides is 1. The number of nitrogens with zero attached hydrogens (tertiary/aromatic N) is 1. The number of furan rings is 1. The maximum absolute atomic E-state index is 12.3. The number of carbonyl (C=O) groups excluding carboxylic acids is 1. The molecular formula is C17H29N3O2. The van der Waals surface area contributed by atoms with Gasteiger partial charge in [-0.15, -0.1) is 0 Å². The summed E-state index contributed by atoms with van der Waals surface area (Å²) < 4.78 is 5.24. The third kappa shape index (κ3) is 4.11. The van der Waals surface area contributed by atoms with Gasteiger partial charge in [0.2, 0.25) is 0 Å². The van der Waals surface area contributed by atoms with E-state index in [1.54, 1.807) is 6.07 Å². The molecule has 1 amide bonds. The smallest absolute Gasteiger partial charge is 0.254 e. The lowest BCUT2D eigenvalue weighted by Crippen LogP contribution is -2.46. The van der Waals surface area contributed by atoms with E-state index in [0.717, 1.165) is 25.9 Å². The zero-order valence-corrected chi connectivity index (χ0v) is 13.8. The second kappa shape index (κ2) is 8.34. The van der Waals surface area contributed by atoms with E-state index in [2.05, 4.69) is 24.1 Å². The third-order valence-electron chi connectivity index (χ3n) is 4.79. The molecule has 5 nitrogen and oxygen atoms in total. The fourth-order valence-corrected chi connectivity index (χ4v) is 3.41. The molecule has 2 heterocycles. The second-order valence-corrected chi connectivity index (χ2v) is 6.10. The molecule has 1 fully saturated rings. The molecule has 0 bridgehead atoms. The highest BCUT2D eigenvalue weighted by molar-refractivity contribution is 5.93. The number of hydrogen-bond acceptors (Lipinski definition) is 4. The van der Waals surface area contributed by atoms with Crippen LogP contribution < -0.4 is 11.1 Å². The van der Waals surface area contributed by atoms with Crippen LogP contribution in [-0.4, -0.2) is 36.5 Å². The van der Waals surface area contributed by atoms with Crippen LogP contribution in [0.5, 0.6) is 0 Å². The summed E-state index contributed by atoms with van der Waals surface area (Å²) >= 11 is 0. The molecule has 0 aromatic carbocycles. The van der Waals surface area contributed by atoms with Crippen molar-refractivity contribution in [3.05, 3.63) is 23.7 Å². The quantitative estimate of drug-likeness (QED) is 0.773. The number of nitrogens with two attached hydrogens (primary N) is 1. The summed E-state index contributed by atoms with van der Waals surface area (Å²) in [5, 5.41) is 3.08. The summed E-state index contributed by atoms with van der Waals surface area (Å²) in [6.45, 7) is 7.80. The van der Waals surface area contributed by atoms with Crippen molar-refractivity contribution in [3.63, 3.8) is 0 Å². The molecule has 0 aliphatic carbocycles. The highest BCUT2D eigenvalue weighted by Gasteiger charge is 2.28. The molecule has 2 rings (SSSR count). The van der Waals surface area contributed by atoms with Crippen LogP contribution in [0.1, 0.15) is 55.6 Å². The summed E-state index contributed by atoms with van der Waals surface area (Å²) in [4.78, 5) is 14.8. The van der Waals surface area contributed by atoms with Gasteiger partial charge in [0.25, 0.3) is 5.91 Å². The lowest BCUT2D eigenvalue weighted by atomic mass is 9.93. The van der Waals surface area contributed by atoms with E-state index in [-0.39, 0.29) is 5.91 Å². The van der Waals surface area contributed by atoms with Crippen LogP contribution in [-0.2, 0) is 6.54 Å². The standard InChI is InChI=1S/C17H29N3O2/c1-3-13(4-2)16(20-7-5-6-8-20)11-19-17(21)14-9-15(10-18)22-12-14/h9,12-13,16H,3-8,10-11,18H2,1-2H3,(H,19,21). The van der Waals surface area contributed by atoms with Crippen LogP contribution in [0.2, 0.25) is 0 Å². The summed E-state index contributed by atoms with van der Waals surface area (Å²) in [7, 11) is 0. The Balaban J connectivity index is 1.96. The first-order valence-corrected chi connectivity index (χ1v) is 8.49. The Morgan fingerprint density at radius 2 is 2.05 bits per heavy atom. The van der Waals surface area contributed by atoms with Gasteiger partial charge in [0.05, 0.1) is 12.1 Å². The van der Waals surface area contributed by atoms with E-state index in [4.69, 9.17) is 10.2 Å². The van der Waals surface area contributed by atoms with Gasteiger partial charge in [0, 0.05) is 12.6 Å². The van der Waals surface area contributed by atoms with Crippen molar-refractivity contribution in [1.82, 2.24) is 10.2 Å². The number of rotatable bonds is 8. The molecule has 22 heavy (non-hydrogen) atoms. The Morgan fingerprint density at radius 3 is 2.59 bits per heavy atom. The summed E-state index contributed by atoms with van der Waals surface area (Å²) in [6.07, 6.45) is 6.32. The van der Waals surface area contributed by atoms with Crippen molar-refractivity contribution < 1.29 is 9.21 Å². The van der Waals surface area contributed by atoms with Crippen LogP contribution in [0.4, 0.5) is 0 Å². The zero-order chi connectivity index (χ0) is 15.9. The average Bonchev–Trinajstić information content (AvgIpc) is 3.22. The average molecular weight is 307 g/mol. The lowest BCUT2D eigenvalue weighted by molar-refractivity contribution is 0.0917. The van der Waals surface area contributed by atoms with Crippen LogP contribution in [0, 0.1) is 5.92 Å². The topological polar surface area (TPSA) is 71.5 Å². The van der Waals surface area contributed by atoms with Gasteiger partial charge in [-0.3, -0.25) is 9.69 Å². The number of likely N-dealkylation sites (tertiary alicyclic amines) is 1. The molecule has 1 aromatic rings. The molecule has 124 valence electrons. The van der Waals surface area contributed by atoms with Crippen molar-refractivity contribution in [2.75, 3.05) is 19.6 Å². The minimum atomic E-state index is -0.0707. The van der Waals surface area contributed by atoms with Crippen LogP contribution in [0.15, 0.2) is 16.7 Å². The normalized spacial score (nSPS) is 17.1. The van der Waals surface area contributed by atoms with Gasteiger partial charge in [0.15, 0.2) is 0 Å². The molecule has 1 saturated heterocycles. The maximum Gasteiger partial charge on any atom is 0.254 e. The Labute approximate surface area is 133 Å². The molecule has 1 aromatic heterocycles. The SMILES string of the molecule is CCC(CC)C(CNC(=O)c1coc(CN)c1)N1CCCC1. The van der Waals surface area contributed by atoms with Gasteiger partial charge in [0.1, 0.15) is 12.0 Å². The van der Waals surface area contributed by atoms with E-state index in [0.29, 0.717) is 36.4 Å². The largest absolute Gasteiger partial charge is 0.467 e. The Bertz CT molecular complexity index is 460. The first-order valence-electron chi connectivity index (χ1n) is 8.49. The minimum Gasteiger partial charge on any atom is -0.467 e. The van der Waals surface area contributed by atoms with E-state index < -0.39 is 0 Å². The third-order valence-corrected chi connectivity index (χ3v) is 4.79. The molecule has 1 unspecified atom stereocenters. The molecule has 0 radical (unpaired) electrons. The van der Waals surface area contributed by atoms with Crippen molar-refractivity contribution in [3.8, 4) is 0 Å². The number of hydrogen-bond donors (Lipinski definition) is 2. The van der Waals surface area contributed by atoms with Gasteiger partial charge >= 0.3 is 0 Å². The van der Waals surface area contributed by atoms with E-state index in [1.165, 1.54) is 19.1 Å². The van der Waals surface area contributed by atoms with Crippen LogP contribution in [0.3, 0.4) is 0 Å². The highest BCUT2D eigenvalue weighted by atomic mass is 16.3. The van der Waals surface area contributed by atoms with Crippen molar-refractivity contribution >= 4 is 5.91 Å². The molecule has 5 heteroatoms. The highest BCUT2D eigenvalue weighted by Crippen LogP contribution is 2.22. The van der Waals surface area contributed by atoms with Gasteiger partial charge in [-0.05, 0) is 37.9 Å². The molecule has 0 spiro atoms. The summed E-state index contributed by atoms with van der Waals surface area (Å²) in [5.41, 5.74) is 6.07. The fourth-order valence-electron chi connectivity index (χ4n) is 3.41. The lowest BCUT2D eigenvalue weighted by Gasteiger charge is -2.33. The van der Waals surface area contributed by atoms with Gasteiger partial charge in [-0.1, -0.05) is 26.7 Å². The predicted molar refractivity (Wildman–Crippen MR) is 87.6 cm³/mol. The molecular weight excluding hydrogens is 278 g/mol. The van der Waals surface area contributed by atoms with Crippen molar-refractivity contribution in [2.24, 2.45) is 11.7 Å². The Morgan fingerprint density at radius 1 is 1.36 bits per heavy atom. The van der Waals surface area contributed by atoms with Gasteiger partial charge in [-0.2, -0.15) is 0 Å². The Hall–Kier alpha value is -1.33. The van der Waals surface area contributed by atoms with Crippen LogP contribution >= 0.6 is 0 Å². The van der Waals surface area contributed by atoms with Gasteiger partial charge < -0.3 is 15.5 Å². The molecule has 0 saturated carbocycles. The molecule has 1 aliphatic heterocycles. The first kappa shape index (κ1) is 17.0.